The number of carboxylic acids is 1. The minimum Gasteiger partial charge on any atom is -0.478 e. The molecule has 0 unspecified atom stereocenters. The Bertz CT molecular complexity index is 634. The molecule has 3 nitrogen and oxygen atoms in total. The van der Waals surface area contributed by atoms with E-state index in [1.54, 1.807) is 6.07 Å². The van der Waals surface area contributed by atoms with Crippen LogP contribution in [0.3, 0.4) is 0 Å². The third kappa shape index (κ3) is 2.09. The Balaban J connectivity index is 2.70. The summed E-state index contributed by atoms with van der Waals surface area (Å²) in [5.74, 6) is -1.00. The fourth-order valence-electron chi connectivity index (χ4n) is 1.93. The molecule has 0 aliphatic rings. The fraction of sp³-hybridized carbons (Fsp3) is 0.154. The van der Waals surface area contributed by atoms with Gasteiger partial charge >= 0.3 is 5.97 Å². The molecule has 1 heterocycles. The van der Waals surface area contributed by atoms with E-state index < -0.39 is 5.97 Å². The van der Waals surface area contributed by atoms with Crippen molar-refractivity contribution in [3.63, 3.8) is 0 Å². The zero-order chi connectivity index (χ0) is 13.4. The highest BCUT2D eigenvalue weighted by atomic mass is 35.5. The number of aryl methyl sites for hydroxylation is 2. The number of aromatic carboxylic acids is 1. The summed E-state index contributed by atoms with van der Waals surface area (Å²) in [6, 6.07) is 5.46. The van der Waals surface area contributed by atoms with Gasteiger partial charge in [0, 0.05) is 15.5 Å². The first-order valence-electron chi connectivity index (χ1n) is 5.30. The van der Waals surface area contributed by atoms with Gasteiger partial charge in [-0.1, -0.05) is 17.7 Å². The van der Waals surface area contributed by atoms with Crippen molar-refractivity contribution in [2.45, 2.75) is 13.8 Å². The molecule has 0 spiro atoms. The molecule has 1 aromatic heterocycles. The lowest BCUT2D eigenvalue weighted by Crippen LogP contribution is -2.01. The van der Waals surface area contributed by atoms with E-state index in [-0.39, 0.29) is 5.56 Å². The second kappa shape index (κ2) is 4.63. The highest BCUT2D eigenvalue weighted by molar-refractivity contribution is 7.16. The molecule has 2 rings (SSSR count). The van der Waals surface area contributed by atoms with E-state index in [0.717, 1.165) is 16.0 Å². The summed E-state index contributed by atoms with van der Waals surface area (Å²) in [6.07, 6.45) is 0. The van der Waals surface area contributed by atoms with E-state index in [1.807, 2.05) is 26.0 Å². The number of carboxylic acid groups (broad SMARTS) is 1. The fourth-order valence-corrected chi connectivity index (χ4v) is 2.99. The van der Waals surface area contributed by atoms with Crippen LogP contribution in [-0.2, 0) is 0 Å². The van der Waals surface area contributed by atoms with Crippen molar-refractivity contribution in [2.75, 3.05) is 5.73 Å². The van der Waals surface area contributed by atoms with E-state index in [2.05, 4.69) is 0 Å². The number of thiophene rings is 1. The summed E-state index contributed by atoms with van der Waals surface area (Å²) in [5.41, 5.74) is 8.37. The predicted octanol–water partition coefficient (Wildman–Crippen LogP) is 3.97. The molecule has 0 radical (unpaired) electrons. The molecule has 0 aliphatic heterocycles. The summed E-state index contributed by atoms with van der Waals surface area (Å²) in [4.78, 5) is 12.2. The molecule has 0 aliphatic carbocycles. The van der Waals surface area contributed by atoms with Gasteiger partial charge in [-0.15, -0.1) is 11.3 Å². The molecule has 94 valence electrons. The van der Waals surface area contributed by atoms with Crippen LogP contribution in [0.2, 0.25) is 5.02 Å². The lowest BCUT2D eigenvalue weighted by atomic mass is 10.00. The smallest absolute Gasteiger partial charge is 0.339 e. The molecule has 3 N–H and O–H groups in total. The van der Waals surface area contributed by atoms with Crippen LogP contribution >= 0.6 is 22.9 Å². The second-order valence-electron chi connectivity index (χ2n) is 4.04. The Labute approximate surface area is 114 Å². The molecular formula is C13H12ClNO2S. The topological polar surface area (TPSA) is 63.3 Å². The molecule has 18 heavy (non-hydrogen) atoms. The Hall–Kier alpha value is -1.52. The molecule has 2 aromatic rings. The molecule has 0 bridgehead atoms. The van der Waals surface area contributed by atoms with Crippen LogP contribution in [0.4, 0.5) is 5.00 Å². The quantitative estimate of drug-likeness (QED) is 0.875. The predicted molar refractivity (Wildman–Crippen MR) is 75.6 cm³/mol. The van der Waals surface area contributed by atoms with Crippen molar-refractivity contribution in [1.29, 1.82) is 0 Å². The van der Waals surface area contributed by atoms with Gasteiger partial charge in [-0.05, 0) is 37.1 Å². The Morgan fingerprint density at radius 2 is 2.06 bits per heavy atom. The molecular weight excluding hydrogens is 270 g/mol. The summed E-state index contributed by atoms with van der Waals surface area (Å²) < 4.78 is 0. The van der Waals surface area contributed by atoms with Crippen molar-refractivity contribution in [2.24, 2.45) is 0 Å². The van der Waals surface area contributed by atoms with Gasteiger partial charge in [0.1, 0.15) is 10.6 Å². The van der Waals surface area contributed by atoms with E-state index in [4.69, 9.17) is 17.3 Å². The third-order valence-corrected chi connectivity index (χ3v) is 4.13. The highest BCUT2D eigenvalue weighted by Crippen LogP contribution is 2.38. The van der Waals surface area contributed by atoms with Gasteiger partial charge in [0.05, 0.1) is 0 Å². The molecule has 5 heteroatoms. The normalized spacial score (nSPS) is 10.6. The third-order valence-electron chi connectivity index (χ3n) is 2.77. The minimum atomic E-state index is -1.00. The first kappa shape index (κ1) is 12.9. The largest absolute Gasteiger partial charge is 0.478 e. The lowest BCUT2D eigenvalue weighted by Gasteiger charge is -2.06. The van der Waals surface area contributed by atoms with Crippen molar-refractivity contribution in [1.82, 2.24) is 0 Å². The van der Waals surface area contributed by atoms with Crippen LogP contribution in [0.5, 0.6) is 0 Å². The number of hydrogen-bond donors (Lipinski definition) is 2. The maximum Gasteiger partial charge on any atom is 0.339 e. The number of carbonyl (C=O) groups is 1. The average molecular weight is 282 g/mol. The molecule has 0 saturated carbocycles. The highest BCUT2D eigenvalue weighted by Gasteiger charge is 2.21. The van der Waals surface area contributed by atoms with E-state index >= 15 is 0 Å². The van der Waals surface area contributed by atoms with E-state index in [9.17, 15) is 9.90 Å². The Morgan fingerprint density at radius 3 is 2.61 bits per heavy atom. The molecule has 0 amide bonds. The number of hydrogen-bond acceptors (Lipinski definition) is 3. The van der Waals surface area contributed by atoms with Gasteiger partial charge in [0.25, 0.3) is 0 Å². The maximum atomic E-state index is 11.3. The number of anilines is 1. The standard InChI is InChI=1S/C13H12ClNO2S/c1-6-5-8(3-4-9(6)14)10-7(2)18-12(15)11(10)13(16)17/h3-5H,15H2,1-2H3,(H,16,17). The SMILES string of the molecule is Cc1cc(-c2c(C)sc(N)c2C(=O)O)ccc1Cl. The number of benzene rings is 1. The van der Waals surface area contributed by atoms with E-state index in [1.165, 1.54) is 11.3 Å². The summed E-state index contributed by atoms with van der Waals surface area (Å²) in [6.45, 7) is 3.75. The zero-order valence-corrected chi connectivity index (χ0v) is 11.5. The van der Waals surface area contributed by atoms with Crippen LogP contribution in [0, 0.1) is 13.8 Å². The average Bonchev–Trinajstić information content (AvgIpc) is 2.57. The Morgan fingerprint density at radius 1 is 1.39 bits per heavy atom. The van der Waals surface area contributed by atoms with Gasteiger partial charge in [-0.25, -0.2) is 4.79 Å². The number of nitrogen functional groups attached to an aromatic ring is 1. The number of halogens is 1. The summed E-state index contributed by atoms with van der Waals surface area (Å²) in [5, 5.41) is 10.2. The summed E-state index contributed by atoms with van der Waals surface area (Å²) in [7, 11) is 0. The lowest BCUT2D eigenvalue weighted by molar-refractivity contribution is 0.0699. The monoisotopic (exact) mass is 281 g/mol. The van der Waals surface area contributed by atoms with Crippen LogP contribution in [-0.4, -0.2) is 11.1 Å². The van der Waals surface area contributed by atoms with Crippen LogP contribution in [0.25, 0.3) is 11.1 Å². The van der Waals surface area contributed by atoms with Crippen molar-refractivity contribution in [3.05, 3.63) is 39.2 Å². The van der Waals surface area contributed by atoms with Crippen molar-refractivity contribution >= 4 is 33.9 Å². The minimum absolute atomic E-state index is 0.180. The Kier molecular flexibility index (Phi) is 3.32. The van der Waals surface area contributed by atoms with Gasteiger partial charge < -0.3 is 10.8 Å². The first-order valence-corrected chi connectivity index (χ1v) is 6.50. The van der Waals surface area contributed by atoms with Crippen molar-refractivity contribution < 1.29 is 9.90 Å². The van der Waals surface area contributed by atoms with Gasteiger partial charge in [0.2, 0.25) is 0 Å². The van der Waals surface area contributed by atoms with Crippen LogP contribution < -0.4 is 5.73 Å². The second-order valence-corrected chi connectivity index (χ2v) is 5.71. The first-order chi connectivity index (χ1) is 8.41. The van der Waals surface area contributed by atoms with Gasteiger partial charge in [-0.2, -0.15) is 0 Å². The molecule has 1 aromatic carbocycles. The van der Waals surface area contributed by atoms with Crippen LogP contribution in [0.15, 0.2) is 18.2 Å². The van der Waals surface area contributed by atoms with E-state index in [0.29, 0.717) is 15.6 Å². The molecule has 0 atom stereocenters. The van der Waals surface area contributed by atoms with Crippen LogP contribution in [0.1, 0.15) is 20.8 Å². The zero-order valence-electron chi connectivity index (χ0n) is 9.95. The van der Waals surface area contributed by atoms with Gasteiger partial charge in [-0.3, -0.25) is 0 Å². The maximum absolute atomic E-state index is 11.3. The number of rotatable bonds is 2. The van der Waals surface area contributed by atoms with Crippen molar-refractivity contribution in [3.8, 4) is 11.1 Å². The number of nitrogens with two attached hydrogens (primary N) is 1. The molecule has 0 fully saturated rings. The summed E-state index contributed by atoms with van der Waals surface area (Å²) >= 11 is 7.27. The van der Waals surface area contributed by atoms with Gasteiger partial charge in [0.15, 0.2) is 0 Å². The molecule has 0 saturated heterocycles.